The molecule has 0 aliphatic heterocycles. The molecule has 0 bridgehead atoms. The van der Waals surface area contributed by atoms with E-state index in [1.165, 1.54) is 0 Å². The van der Waals surface area contributed by atoms with Gasteiger partial charge in [0.05, 0.1) is 13.7 Å². The summed E-state index contributed by atoms with van der Waals surface area (Å²) >= 11 is 0. The number of hydrogen-bond acceptors (Lipinski definition) is 3. The summed E-state index contributed by atoms with van der Waals surface area (Å²) in [4.78, 5) is 16.1. The molecule has 110 valence electrons. The number of para-hydroxylation sites is 1. The second-order valence-corrected chi connectivity index (χ2v) is 4.70. The number of carbonyl (C=O) groups is 1. The van der Waals surface area contributed by atoms with E-state index in [0.717, 1.165) is 22.7 Å². The normalized spacial score (nSPS) is 11.3. The molecule has 1 aromatic heterocycles. The highest BCUT2D eigenvalue weighted by Gasteiger charge is 2.06. The second kappa shape index (κ2) is 6.74. The molecule has 0 aliphatic rings. The number of carbonyl (C=O) groups excluding carboxylic acids is 1. The van der Waals surface area contributed by atoms with Crippen LogP contribution in [0.1, 0.15) is 18.3 Å². The van der Waals surface area contributed by atoms with Crippen molar-refractivity contribution in [2.24, 2.45) is 7.05 Å². The number of nitrogens with zero attached hydrogens (tertiary/aromatic N) is 2. The number of amides is 1. The number of nitrogens with one attached hydrogen (secondary N) is 1. The van der Waals surface area contributed by atoms with E-state index in [0.29, 0.717) is 6.54 Å². The van der Waals surface area contributed by atoms with Crippen molar-refractivity contribution < 1.29 is 9.53 Å². The SMILES string of the molecule is COc1ccccc1C(C)=CC(=O)NCc1nccn1C. The van der Waals surface area contributed by atoms with Gasteiger partial charge < -0.3 is 14.6 Å². The molecule has 0 radical (unpaired) electrons. The van der Waals surface area contributed by atoms with Gasteiger partial charge in [-0.15, -0.1) is 0 Å². The third-order valence-electron chi connectivity index (χ3n) is 3.22. The Hall–Kier alpha value is -2.56. The Labute approximate surface area is 124 Å². The largest absolute Gasteiger partial charge is 0.496 e. The Kier molecular flexibility index (Phi) is 4.77. The molecule has 0 spiro atoms. The second-order valence-electron chi connectivity index (χ2n) is 4.70. The van der Waals surface area contributed by atoms with Crippen LogP contribution in [0.3, 0.4) is 0 Å². The minimum absolute atomic E-state index is 0.151. The number of imidazole rings is 1. The lowest BCUT2D eigenvalue weighted by Crippen LogP contribution is -2.22. The lowest BCUT2D eigenvalue weighted by molar-refractivity contribution is -0.116. The van der Waals surface area contributed by atoms with Crippen LogP contribution in [0, 0.1) is 0 Å². The van der Waals surface area contributed by atoms with E-state index in [4.69, 9.17) is 4.74 Å². The first-order valence-corrected chi connectivity index (χ1v) is 6.67. The number of methoxy groups -OCH3 is 1. The summed E-state index contributed by atoms with van der Waals surface area (Å²) in [5.41, 5.74) is 1.76. The molecule has 2 aromatic rings. The lowest BCUT2D eigenvalue weighted by atomic mass is 10.1. The summed E-state index contributed by atoms with van der Waals surface area (Å²) in [7, 11) is 3.51. The molecule has 5 nitrogen and oxygen atoms in total. The van der Waals surface area contributed by atoms with Gasteiger partial charge in [0.25, 0.3) is 0 Å². The van der Waals surface area contributed by atoms with E-state index < -0.39 is 0 Å². The van der Waals surface area contributed by atoms with E-state index >= 15 is 0 Å². The van der Waals surface area contributed by atoms with E-state index in [-0.39, 0.29) is 5.91 Å². The van der Waals surface area contributed by atoms with Crippen LogP contribution in [0.15, 0.2) is 42.7 Å². The number of aromatic nitrogens is 2. The smallest absolute Gasteiger partial charge is 0.244 e. The first-order valence-electron chi connectivity index (χ1n) is 6.67. The first-order chi connectivity index (χ1) is 10.1. The predicted octanol–water partition coefficient (Wildman–Crippen LogP) is 2.15. The van der Waals surface area contributed by atoms with Gasteiger partial charge in [-0.2, -0.15) is 0 Å². The fraction of sp³-hybridized carbons (Fsp3) is 0.250. The minimum atomic E-state index is -0.151. The molecule has 0 aliphatic carbocycles. The van der Waals surface area contributed by atoms with Crippen LogP contribution in [0.2, 0.25) is 0 Å². The molecule has 0 atom stereocenters. The average molecular weight is 285 g/mol. The van der Waals surface area contributed by atoms with Gasteiger partial charge in [0.15, 0.2) is 0 Å². The molecule has 1 aromatic carbocycles. The standard InChI is InChI=1S/C16H19N3O2/c1-12(13-6-4-5-7-14(13)21-3)10-16(20)18-11-15-17-8-9-19(15)2/h4-10H,11H2,1-3H3,(H,18,20). The van der Waals surface area contributed by atoms with Crippen molar-refractivity contribution in [3.63, 3.8) is 0 Å². The molecule has 1 amide bonds. The summed E-state index contributed by atoms with van der Waals surface area (Å²) in [6.45, 7) is 2.29. The van der Waals surface area contributed by atoms with Gasteiger partial charge in [-0.1, -0.05) is 18.2 Å². The summed E-state index contributed by atoms with van der Waals surface area (Å²) in [5, 5.41) is 2.82. The molecule has 1 heterocycles. The Bertz CT molecular complexity index is 659. The van der Waals surface area contributed by atoms with Gasteiger partial charge in [-0.05, 0) is 18.6 Å². The maximum Gasteiger partial charge on any atom is 0.244 e. The van der Waals surface area contributed by atoms with Crippen LogP contribution in [0.25, 0.3) is 5.57 Å². The summed E-state index contributed by atoms with van der Waals surface area (Å²) in [5.74, 6) is 1.41. The molecule has 0 saturated carbocycles. The topological polar surface area (TPSA) is 56.1 Å². The Balaban J connectivity index is 2.04. The van der Waals surface area contributed by atoms with Gasteiger partial charge in [0.1, 0.15) is 11.6 Å². The molecule has 1 N–H and O–H groups in total. The maximum absolute atomic E-state index is 12.0. The van der Waals surface area contributed by atoms with E-state index in [1.54, 1.807) is 19.4 Å². The van der Waals surface area contributed by atoms with Gasteiger partial charge in [0, 0.05) is 31.1 Å². The van der Waals surface area contributed by atoms with E-state index in [9.17, 15) is 4.79 Å². The molecule has 5 heteroatoms. The van der Waals surface area contributed by atoms with Crippen LogP contribution < -0.4 is 10.1 Å². The molecular formula is C16H19N3O2. The van der Waals surface area contributed by atoms with Crippen molar-refractivity contribution >= 4 is 11.5 Å². The van der Waals surface area contributed by atoms with Crippen molar-refractivity contribution in [1.82, 2.24) is 14.9 Å². The van der Waals surface area contributed by atoms with Crippen molar-refractivity contribution in [2.45, 2.75) is 13.5 Å². The number of benzene rings is 1. The van der Waals surface area contributed by atoms with E-state index in [2.05, 4.69) is 10.3 Å². The fourth-order valence-electron chi connectivity index (χ4n) is 2.03. The monoisotopic (exact) mass is 285 g/mol. The van der Waals surface area contributed by atoms with Gasteiger partial charge in [0.2, 0.25) is 5.91 Å². The number of aryl methyl sites for hydroxylation is 1. The van der Waals surface area contributed by atoms with Crippen molar-refractivity contribution in [1.29, 1.82) is 0 Å². The molecule has 0 saturated heterocycles. The number of hydrogen-bond donors (Lipinski definition) is 1. The summed E-state index contributed by atoms with van der Waals surface area (Å²) in [6.07, 6.45) is 5.12. The quantitative estimate of drug-likeness (QED) is 0.856. The molecule has 0 fully saturated rings. The Morgan fingerprint density at radius 3 is 2.86 bits per heavy atom. The lowest BCUT2D eigenvalue weighted by Gasteiger charge is -2.08. The fourth-order valence-corrected chi connectivity index (χ4v) is 2.03. The number of ether oxygens (including phenoxy) is 1. The van der Waals surface area contributed by atoms with E-state index in [1.807, 2.05) is 49.0 Å². The Morgan fingerprint density at radius 2 is 2.19 bits per heavy atom. The van der Waals surface area contributed by atoms with Crippen molar-refractivity contribution in [3.05, 3.63) is 54.1 Å². The zero-order valence-corrected chi connectivity index (χ0v) is 12.5. The Morgan fingerprint density at radius 1 is 1.43 bits per heavy atom. The zero-order chi connectivity index (χ0) is 15.2. The maximum atomic E-state index is 12.0. The highest BCUT2D eigenvalue weighted by atomic mass is 16.5. The van der Waals surface area contributed by atoms with Crippen molar-refractivity contribution in [2.75, 3.05) is 7.11 Å². The molecular weight excluding hydrogens is 266 g/mol. The zero-order valence-electron chi connectivity index (χ0n) is 12.5. The highest BCUT2D eigenvalue weighted by molar-refractivity contribution is 5.95. The molecule has 0 unspecified atom stereocenters. The third kappa shape index (κ3) is 3.72. The minimum Gasteiger partial charge on any atom is -0.496 e. The number of rotatable bonds is 5. The van der Waals surface area contributed by atoms with Gasteiger partial charge >= 0.3 is 0 Å². The summed E-state index contributed by atoms with van der Waals surface area (Å²) < 4.78 is 7.17. The molecule has 21 heavy (non-hydrogen) atoms. The van der Waals surface area contributed by atoms with Gasteiger partial charge in [-0.25, -0.2) is 4.98 Å². The highest BCUT2D eigenvalue weighted by Crippen LogP contribution is 2.24. The molecule has 2 rings (SSSR count). The van der Waals surface area contributed by atoms with Crippen LogP contribution in [0.4, 0.5) is 0 Å². The first kappa shape index (κ1) is 14.8. The third-order valence-corrected chi connectivity index (χ3v) is 3.22. The van der Waals surface area contributed by atoms with Crippen LogP contribution in [-0.4, -0.2) is 22.6 Å². The predicted molar refractivity (Wildman–Crippen MR) is 81.7 cm³/mol. The number of allylic oxidation sites excluding steroid dienone is 1. The van der Waals surface area contributed by atoms with Crippen LogP contribution in [-0.2, 0) is 18.4 Å². The van der Waals surface area contributed by atoms with Crippen LogP contribution in [0.5, 0.6) is 5.75 Å². The van der Waals surface area contributed by atoms with Crippen LogP contribution >= 0.6 is 0 Å². The summed E-state index contributed by atoms with van der Waals surface area (Å²) in [6, 6.07) is 7.62. The van der Waals surface area contributed by atoms with Crippen molar-refractivity contribution in [3.8, 4) is 5.75 Å². The average Bonchev–Trinajstić information content (AvgIpc) is 2.90. The van der Waals surface area contributed by atoms with Gasteiger partial charge in [-0.3, -0.25) is 4.79 Å².